The lowest BCUT2D eigenvalue weighted by molar-refractivity contribution is -0.143. The molecule has 1 fully saturated rings. The fourth-order valence-electron chi connectivity index (χ4n) is 5.05. The number of ether oxygens (including phenoxy) is 2. The Bertz CT molecular complexity index is 1670. The summed E-state index contributed by atoms with van der Waals surface area (Å²) in [6.07, 6.45) is 3.19. The van der Waals surface area contributed by atoms with Crippen LogP contribution in [0.1, 0.15) is 56.3 Å². The van der Waals surface area contributed by atoms with Gasteiger partial charge in [-0.25, -0.2) is 13.4 Å². The third-order valence-electron chi connectivity index (χ3n) is 7.29. The van der Waals surface area contributed by atoms with Gasteiger partial charge in [0.1, 0.15) is 11.6 Å². The molecule has 11 heteroatoms. The van der Waals surface area contributed by atoms with Gasteiger partial charge in [-0.3, -0.25) is 4.79 Å². The number of carbonyl (C=O) groups is 1. The molecule has 0 saturated heterocycles. The van der Waals surface area contributed by atoms with Gasteiger partial charge in [-0.15, -0.1) is 0 Å². The van der Waals surface area contributed by atoms with E-state index < -0.39 is 16.4 Å². The fraction of sp³-hybridized carbons (Fsp3) is 0.355. The van der Waals surface area contributed by atoms with Crippen LogP contribution in [0.3, 0.4) is 0 Å². The lowest BCUT2D eigenvalue weighted by Crippen LogP contribution is -2.10. The minimum absolute atomic E-state index is 0.00178. The number of para-hydroxylation sites is 1. The van der Waals surface area contributed by atoms with Crippen molar-refractivity contribution in [1.82, 2.24) is 9.97 Å². The number of hydrogen-bond donors (Lipinski definition) is 1. The van der Waals surface area contributed by atoms with Crippen LogP contribution in [0.4, 0.5) is 8.78 Å². The second-order valence-electron chi connectivity index (χ2n) is 10.4. The van der Waals surface area contributed by atoms with Gasteiger partial charge in [0, 0.05) is 23.5 Å². The molecule has 222 valence electrons. The minimum Gasteiger partial charge on any atom is -0.466 e. The molecule has 1 aliphatic rings. The summed E-state index contributed by atoms with van der Waals surface area (Å²) in [5.41, 5.74) is 2.94. The van der Waals surface area contributed by atoms with Crippen LogP contribution in [0.5, 0.6) is 5.75 Å². The molecule has 42 heavy (non-hydrogen) atoms. The van der Waals surface area contributed by atoms with E-state index in [0.29, 0.717) is 52.5 Å². The SMILES string of the molecule is CCOC(=O)CCCC(c1ccc(S(=O)(=O)CC2CC2)cc1)c1nc2cc(-c3ccccc3OC(F)F)c(Cl)cc2[nH]1. The predicted molar refractivity (Wildman–Crippen MR) is 157 cm³/mol. The summed E-state index contributed by atoms with van der Waals surface area (Å²) in [4.78, 5) is 20.4. The number of aromatic amines is 1. The lowest BCUT2D eigenvalue weighted by atomic mass is 9.93. The van der Waals surface area contributed by atoms with Crippen molar-refractivity contribution in [3.63, 3.8) is 0 Å². The number of esters is 1. The molecule has 1 heterocycles. The van der Waals surface area contributed by atoms with Crippen LogP contribution in [0, 0.1) is 5.92 Å². The lowest BCUT2D eigenvalue weighted by Gasteiger charge is -2.16. The summed E-state index contributed by atoms with van der Waals surface area (Å²) in [6.45, 7) is -0.932. The first-order chi connectivity index (χ1) is 20.1. The average molecular weight is 617 g/mol. The van der Waals surface area contributed by atoms with Crippen LogP contribution >= 0.6 is 11.6 Å². The molecule has 0 aliphatic heterocycles. The highest BCUT2D eigenvalue weighted by Crippen LogP contribution is 2.39. The topological polar surface area (TPSA) is 98.4 Å². The van der Waals surface area contributed by atoms with Crippen molar-refractivity contribution in [2.75, 3.05) is 12.4 Å². The second-order valence-corrected chi connectivity index (χ2v) is 12.8. The highest BCUT2D eigenvalue weighted by atomic mass is 35.5. The van der Waals surface area contributed by atoms with Gasteiger partial charge < -0.3 is 14.5 Å². The number of alkyl halides is 2. The summed E-state index contributed by atoms with van der Waals surface area (Å²) in [5, 5.41) is 0.326. The van der Waals surface area contributed by atoms with E-state index in [1.54, 1.807) is 61.5 Å². The van der Waals surface area contributed by atoms with E-state index in [-0.39, 0.29) is 40.6 Å². The van der Waals surface area contributed by atoms with Crippen molar-refractivity contribution >= 4 is 38.4 Å². The van der Waals surface area contributed by atoms with E-state index in [1.807, 2.05) is 0 Å². The van der Waals surface area contributed by atoms with Gasteiger partial charge in [0.25, 0.3) is 0 Å². The quantitative estimate of drug-likeness (QED) is 0.156. The second kappa shape index (κ2) is 12.8. The Morgan fingerprint density at radius 3 is 2.52 bits per heavy atom. The molecular weight excluding hydrogens is 586 g/mol. The zero-order valence-electron chi connectivity index (χ0n) is 23.0. The van der Waals surface area contributed by atoms with Crippen molar-refractivity contribution in [3.8, 4) is 16.9 Å². The summed E-state index contributed by atoms with van der Waals surface area (Å²) < 4.78 is 61.4. The normalized spacial score (nSPS) is 14.3. The molecule has 3 aromatic carbocycles. The van der Waals surface area contributed by atoms with Crippen LogP contribution in [0.25, 0.3) is 22.2 Å². The molecule has 1 saturated carbocycles. The summed E-state index contributed by atoms with van der Waals surface area (Å²) >= 11 is 6.60. The van der Waals surface area contributed by atoms with Gasteiger partial charge in [-0.2, -0.15) is 8.78 Å². The van der Waals surface area contributed by atoms with Crippen molar-refractivity contribution in [2.24, 2.45) is 5.92 Å². The smallest absolute Gasteiger partial charge is 0.387 e. The van der Waals surface area contributed by atoms with Crippen LogP contribution in [-0.2, 0) is 19.4 Å². The predicted octanol–water partition coefficient (Wildman–Crippen LogP) is 7.53. The average Bonchev–Trinajstić information content (AvgIpc) is 3.66. The molecule has 7 nitrogen and oxygen atoms in total. The molecule has 0 radical (unpaired) electrons. The number of rotatable bonds is 13. The number of nitrogens with zero attached hydrogens (tertiary/aromatic N) is 1. The molecule has 1 aliphatic carbocycles. The minimum atomic E-state index is -3.36. The molecule has 1 unspecified atom stereocenters. The summed E-state index contributed by atoms with van der Waals surface area (Å²) in [6, 6.07) is 16.6. The standard InChI is InChI=1S/C31H31ClF2N2O5S/c1-2-40-29(37)9-5-7-22(20-12-14-21(15-13-20)42(38,39)18-19-10-11-19)30-35-26-16-24(25(32)17-27(26)36-30)23-6-3-4-8-28(23)41-31(33)34/h3-4,6,8,12-17,19,22,31H,2,5,7,9-11,18H2,1H3,(H,35,36). The Kier molecular flexibility index (Phi) is 9.13. The zero-order chi connectivity index (χ0) is 29.9. The van der Waals surface area contributed by atoms with Gasteiger partial charge >= 0.3 is 12.6 Å². The number of halogens is 3. The van der Waals surface area contributed by atoms with Crippen molar-refractivity contribution < 1.29 is 31.5 Å². The third kappa shape index (κ3) is 7.10. The maximum atomic E-state index is 13.0. The summed E-state index contributed by atoms with van der Waals surface area (Å²) in [7, 11) is -3.36. The zero-order valence-corrected chi connectivity index (χ0v) is 24.6. The molecule has 5 rings (SSSR count). The third-order valence-corrected chi connectivity index (χ3v) is 9.50. The highest BCUT2D eigenvalue weighted by molar-refractivity contribution is 7.91. The van der Waals surface area contributed by atoms with Gasteiger partial charge in [-0.1, -0.05) is 41.9 Å². The number of nitrogens with one attached hydrogen (secondary N) is 1. The van der Waals surface area contributed by atoms with E-state index >= 15 is 0 Å². The Balaban J connectivity index is 1.48. The van der Waals surface area contributed by atoms with Crippen molar-refractivity contribution in [1.29, 1.82) is 0 Å². The Hall–Kier alpha value is -3.50. The van der Waals surface area contributed by atoms with Crippen LogP contribution in [0.2, 0.25) is 5.02 Å². The van der Waals surface area contributed by atoms with Gasteiger partial charge in [0.2, 0.25) is 0 Å². The van der Waals surface area contributed by atoms with Crippen LogP contribution in [-0.4, -0.2) is 43.3 Å². The molecule has 1 atom stereocenters. The largest absolute Gasteiger partial charge is 0.466 e. The van der Waals surface area contributed by atoms with Crippen molar-refractivity contribution in [3.05, 3.63) is 77.1 Å². The number of sulfone groups is 1. The summed E-state index contributed by atoms with van der Waals surface area (Å²) in [5.74, 6) is 0.428. The van der Waals surface area contributed by atoms with Gasteiger partial charge in [0.05, 0.1) is 33.3 Å². The molecule has 0 bridgehead atoms. The number of fused-ring (bicyclic) bond motifs is 1. The first kappa shape index (κ1) is 30.0. The highest BCUT2D eigenvalue weighted by Gasteiger charge is 2.29. The number of carbonyl (C=O) groups excluding carboxylic acids is 1. The van der Waals surface area contributed by atoms with Gasteiger partial charge in [0.15, 0.2) is 9.84 Å². The number of aromatic nitrogens is 2. The number of benzene rings is 3. The van der Waals surface area contributed by atoms with E-state index in [4.69, 9.17) is 26.1 Å². The van der Waals surface area contributed by atoms with E-state index in [9.17, 15) is 22.0 Å². The monoisotopic (exact) mass is 616 g/mol. The fourth-order valence-corrected chi connectivity index (χ4v) is 7.02. The Labute approximate surface area is 248 Å². The molecule has 0 spiro atoms. The first-order valence-electron chi connectivity index (χ1n) is 13.9. The van der Waals surface area contributed by atoms with Gasteiger partial charge in [-0.05, 0) is 74.4 Å². The Morgan fingerprint density at radius 1 is 1.10 bits per heavy atom. The van der Waals surface area contributed by atoms with Crippen LogP contribution < -0.4 is 4.74 Å². The van der Waals surface area contributed by atoms with Crippen molar-refractivity contribution in [2.45, 2.75) is 56.5 Å². The first-order valence-corrected chi connectivity index (χ1v) is 15.9. The number of hydrogen-bond acceptors (Lipinski definition) is 6. The molecule has 1 N–H and O–H groups in total. The van der Waals surface area contributed by atoms with E-state index in [0.717, 1.165) is 18.4 Å². The maximum Gasteiger partial charge on any atom is 0.387 e. The molecule has 4 aromatic rings. The maximum absolute atomic E-state index is 13.0. The molecule has 1 aromatic heterocycles. The van der Waals surface area contributed by atoms with E-state index in [2.05, 4.69) is 4.98 Å². The van der Waals surface area contributed by atoms with Crippen LogP contribution in [0.15, 0.2) is 65.6 Å². The van der Waals surface area contributed by atoms with E-state index in [1.165, 1.54) is 6.07 Å². The number of H-pyrrole nitrogens is 1. The number of imidazole rings is 1. The molecule has 0 amide bonds. The molecular formula is C31H31ClF2N2O5S. The Morgan fingerprint density at radius 2 is 1.83 bits per heavy atom.